The van der Waals surface area contributed by atoms with E-state index >= 15 is 0 Å². The molecule has 0 aliphatic heterocycles. The van der Waals surface area contributed by atoms with Gasteiger partial charge >= 0.3 is 0 Å². The third-order valence-corrected chi connectivity index (χ3v) is 4.50. The minimum Gasteiger partial charge on any atom is -0.344 e. The summed E-state index contributed by atoms with van der Waals surface area (Å²) in [6.07, 6.45) is 3.63. The van der Waals surface area contributed by atoms with E-state index in [4.69, 9.17) is 23.2 Å². The highest BCUT2D eigenvalue weighted by atomic mass is 35.5. The van der Waals surface area contributed by atoms with Crippen LogP contribution in [0.2, 0.25) is 10.0 Å². The molecule has 2 amide bonds. The molecule has 1 fully saturated rings. The monoisotopic (exact) mass is 328 g/mol. The first-order valence-corrected chi connectivity index (χ1v) is 7.70. The minimum atomic E-state index is -0.334. The van der Waals surface area contributed by atoms with Crippen LogP contribution in [0.25, 0.3) is 0 Å². The molecule has 0 radical (unpaired) electrons. The van der Waals surface area contributed by atoms with Crippen molar-refractivity contribution >= 4 is 35.0 Å². The van der Waals surface area contributed by atoms with Crippen molar-refractivity contribution in [2.75, 3.05) is 20.1 Å². The molecule has 0 heterocycles. The summed E-state index contributed by atoms with van der Waals surface area (Å²) in [5, 5.41) is 3.31. The summed E-state index contributed by atoms with van der Waals surface area (Å²) in [5.41, 5.74) is 0.388. The second-order valence-electron chi connectivity index (χ2n) is 5.38. The van der Waals surface area contributed by atoms with Crippen LogP contribution in [0, 0.1) is 5.92 Å². The Hall–Kier alpha value is -1.26. The highest BCUT2D eigenvalue weighted by Crippen LogP contribution is 2.26. The van der Waals surface area contributed by atoms with Crippen LogP contribution in [0.4, 0.5) is 0 Å². The van der Waals surface area contributed by atoms with Crippen LogP contribution < -0.4 is 5.32 Å². The van der Waals surface area contributed by atoms with Gasteiger partial charge < -0.3 is 10.2 Å². The molecule has 1 aromatic rings. The normalized spacial score (nSPS) is 14.4. The molecule has 114 valence electrons. The zero-order valence-corrected chi connectivity index (χ0v) is 13.4. The molecule has 2 rings (SSSR count). The quantitative estimate of drug-likeness (QED) is 0.903. The van der Waals surface area contributed by atoms with Crippen molar-refractivity contribution in [1.82, 2.24) is 10.2 Å². The number of halogens is 2. The molecular weight excluding hydrogens is 311 g/mol. The summed E-state index contributed by atoms with van der Waals surface area (Å²) in [7, 11) is 1.77. The van der Waals surface area contributed by atoms with Crippen LogP contribution in [0.1, 0.15) is 29.6 Å². The van der Waals surface area contributed by atoms with Crippen LogP contribution in [0.5, 0.6) is 0 Å². The number of benzene rings is 1. The van der Waals surface area contributed by atoms with Crippen molar-refractivity contribution in [3.05, 3.63) is 33.8 Å². The van der Waals surface area contributed by atoms with E-state index in [1.807, 2.05) is 0 Å². The van der Waals surface area contributed by atoms with Gasteiger partial charge in [-0.3, -0.25) is 9.59 Å². The molecule has 0 saturated heterocycles. The maximum Gasteiger partial charge on any atom is 0.251 e. The van der Waals surface area contributed by atoms with Crippen LogP contribution >= 0.6 is 23.2 Å². The Morgan fingerprint density at radius 3 is 2.57 bits per heavy atom. The molecule has 4 nitrogen and oxygen atoms in total. The van der Waals surface area contributed by atoms with Gasteiger partial charge in [-0.25, -0.2) is 0 Å². The Morgan fingerprint density at radius 2 is 2.00 bits per heavy atom. The number of hydrogen-bond donors (Lipinski definition) is 1. The number of amides is 2. The number of likely N-dealkylation sites (N-methyl/N-ethyl adjacent to an activating group) is 1. The molecule has 1 aliphatic carbocycles. The third kappa shape index (κ3) is 4.35. The molecule has 1 saturated carbocycles. The highest BCUT2D eigenvalue weighted by molar-refractivity contribution is 6.42. The van der Waals surface area contributed by atoms with E-state index in [2.05, 4.69) is 5.32 Å². The van der Waals surface area contributed by atoms with Crippen molar-refractivity contribution in [1.29, 1.82) is 0 Å². The molecule has 1 N–H and O–H groups in total. The predicted molar refractivity (Wildman–Crippen MR) is 83.8 cm³/mol. The summed E-state index contributed by atoms with van der Waals surface area (Å²) < 4.78 is 0. The second-order valence-corrected chi connectivity index (χ2v) is 6.20. The number of rotatable bonds is 5. The molecule has 0 aromatic heterocycles. The topological polar surface area (TPSA) is 49.4 Å². The van der Waals surface area contributed by atoms with Crippen molar-refractivity contribution < 1.29 is 9.59 Å². The van der Waals surface area contributed by atoms with Gasteiger partial charge in [0, 0.05) is 19.2 Å². The standard InChI is InChI=1S/C15H18Cl2N2O2/c1-19(9-10-3-2-4-10)14(20)8-18-15(21)11-5-6-12(16)13(17)7-11/h5-7,10H,2-4,8-9H2,1H3,(H,18,21). The first-order valence-electron chi connectivity index (χ1n) is 6.94. The Balaban J connectivity index is 1.82. The van der Waals surface area contributed by atoms with Gasteiger partial charge in [0.15, 0.2) is 0 Å². The predicted octanol–water partition coefficient (Wildman–Crippen LogP) is 2.98. The van der Waals surface area contributed by atoms with E-state index in [0.717, 1.165) is 6.54 Å². The lowest BCUT2D eigenvalue weighted by Gasteiger charge is -2.30. The first kappa shape index (κ1) is 16.1. The molecule has 0 unspecified atom stereocenters. The Labute approximate surface area is 134 Å². The molecule has 0 spiro atoms. The van der Waals surface area contributed by atoms with Crippen LogP contribution in [-0.2, 0) is 4.79 Å². The number of carbonyl (C=O) groups is 2. The van der Waals surface area contributed by atoms with Crippen molar-refractivity contribution in [3.8, 4) is 0 Å². The Morgan fingerprint density at radius 1 is 1.29 bits per heavy atom. The number of carbonyl (C=O) groups excluding carboxylic acids is 2. The number of nitrogens with zero attached hydrogens (tertiary/aromatic N) is 1. The van der Waals surface area contributed by atoms with E-state index < -0.39 is 0 Å². The van der Waals surface area contributed by atoms with Gasteiger partial charge in [0.2, 0.25) is 5.91 Å². The summed E-state index contributed by atoms with van der Waals surface area (Å²) >= 11 is 11.7. The van der Waals surface area contributed by atoms with Crippen molar-refractivity contribution in [2.45, 2.75) is 19.3 Å². The summed E-state index contributed by atoms with van der Waals surface area (Å²) in [6, 6.07) is 4.62. The molecular formula is C15H18Cl2N2O2. The van der Waals surface area contributed by atoms with Gasteiger partial charge in [-0.15, -0.1) is 0 Å². The van der Waals surface area contributed by atoms with E-state index in [1.165, 1.54) is 25.3 Å². The summed E-state index contributed by atoms with van der Waals surface area (Å²) in [6.45, 7) is 0.754. The van der Waals surface area contributed by atoms with Gasteiger partial charge in [-0.05, 0) is 37.0 Å². The zero-order valence-electron chi connectivity index (χ0n) is 11.9. The van der Waals surface area contributed by atoms with E-state index in [9.17, 15) is 9.59 Å². The molecule has 0 atom stereocenters. The SMILES string of the molecule is CN(CC1CCC1)C(=O)CNC(=O)c1ccc(Cl)c(Cl)c1. The van der Waals surface area contributed by atoms with E-state index in [-0.39, 0.29) is 18.4 Å². The molecule has 1 aromatic carbocycles. The van der Waals surface area contributed by atoms with Gasteiger partial charge in [-0.1, -0.05) is 29.6 Å². The second kappa shape index (κ2) is 7.14. The Bertz CT molecular complexity index is 544. The fourth-order valence-corrected chi connectivity index (χ4v) is 2.49. The van der Waals surface area contributed by atoms with Crippen LogP contribution in [0.3, 0.4) is 0 Å². The lowest BCUT2D eigenvalue weighted by atomic mass is 9.85. The molecule has 21 heavy (non-hydrogen) atoms. The van der Waals surface area contributed by atoms with Crippen LogP contribution in [0.15, 0.2) is 18.2 Å². The van der Waals surface area contributed by atoms with Gasteiger partial charge in [-0.2, -0.15) is 0 Å². The van der Waals surface area contributed by atoms with Crippen LogP contribution in [-0.4, -0.2) is 36.9 Å². The molecule has 6 heteroatoms. The Kier molecular flexibility index (Phi) is 5.48. The lowest BCUT2D eigenvalue weighted by Crippen LogP contribution is -2.41. The largest absolute Gasteiger partial charge is 0.344 e. The zero-order chi connectivity index (χ0) is 15.4. The fourth-order valence-electron chi connectivity index (χ4n) is 2.19. The van der Waals surface area contributed by atoms with Gasteiger partial charge in [0.05, 0.1) is 16.6 Å². The lowest BCUT2D eigenvalue weighted by molar-refractivity contribution is -0.129. The average Bonchev–Trinajstić information content (AvgIpc) is 2.42. The van der Waals surface area contributed by atoms with Crippen molar-refractivity contribution in [2.24, 2.45) is 5.92 Å². The minimum absolute atomic E-state index is 0.0116. The smallest absolute Gasteiger partial charge is 0.251 e. The average molecular weight is 329 g/mol. The highest BCUT2D eigenvalue weighted by Gasteiger charge is 2.21. The number of nitrogens with one attached hydrogen (secondary N) is 1. The molecule has 1 aliphatic rings. The van der Waals surface area contributed by atoms with Gasteiger partial charge in [0.25, 0.3) is 5.91 Å². The van der Waals surface area contributed by atoms with E-state index in [1.54, 1.807) is 24.1 Å². The molecule has 0 bridgehead atoms. The first-order chi connectivity index (χ1) is 9.97. The maximum atomic E-state index is 11.9. The summed E-state index contributed by atoms with van der Waals surface area (Å²) in [5.74, 6) is 0.194. The van der Waals surface area contributed by atoms with E-state index in [0.29, 0.717) is 21.5 Å². The maximum absolute atomic E-state index is 11.9. The number of hydrogen-bond acceptors (Lipinski definition) is 2. The summed E-state index contributed by atoms with van der Waals surface area (Å²) in [4.78, 5) is 25.6. The third-order valence-electron chi connectivity index (χ3n) is 3.76. The van der Waals surface area contributed by atoms with Crippen molar-refractivity contribution in [3.63, 3.8) is 0 Å². The van der Waals surface area contributed by atoms with Gasteiger partial charge in [0.1, 0.15) is 0 Å². The fraction of sp³-hybridized carbons (Fsp3) is 0.467.